The minimum atomic E-state index is -0.176. The molecule has 10 heteroatoms. The van der Waals surface area contributed by atoms with E-state index in [4.69, 9.17) is 0 Å². The fourth-order valence-electron chi connectivity index (χ4n) is 4.28. The lowest BCUT2D eigenvalue weighted by Crippen LogP contribution is -2.41. The number of carbonyl (C=O) groups excluding carboxylic acids is 1. The third-order valence-electron chi connectivity index (χ3n) is 5.88. The molecule has 10 nitrogen and oxygen atoms in total. The van der Waals surface area contributed by atoms with Gasteiger partial charge in [-0.1, -0.05) is 0 Å². The summed E-state index contributed by atoms with van der Waals surface area (Å²) in [4.78, 5) is 21.5. The Morgan fingerprint density at radius 3 is 2.77 bits per heavy atom. The van der Waals surface area contributed by atoms with Crippen LogP contribution in [-0.2, 0) is 0 Å². The normalized spacial score (nSPS) is 19.4. The first-order chi connectivity index (χ1) is 14.8. The largest absolute Gasteiger partial charge is 0.355 e. The lowest BCUT2D eigenvalue weighted by atomic mass is 9.98. The number of nitrogens with zero attached hydrogens (tertiary/aromatic N) is 8. The number of hydrogen-bond donors (Lipinski definition) is 1. The van der Waals surface area contributed by atoms with Gasteiger partial charge in [0.05, 0.1) is 0 Å². The average Bonchev–Trinajstić information content (AvgIpc) is 3.50. The van der Waals surface area contributed by atoms with Crippen molar-refractivity contribution < 1.29 is 4.79 Å². The zero-order valence-electron chi connectivity index (χ0n) is 16.8. The van der Waals surface area contributed by atoms with Gasteiger partial charge in [0.2, 0.25) is 5.65 Å². The molecule has 0 radical (unpaired) electrons. The second-order valence-electron chi connectivity index (χ2n) is 7.95. The predicted molar refractivity (Wildman–Crippen MR) is 112 cm³/mol. The van der Waals surface area contributed by atoms with Crippen LogP contribution in [0.3, 0.4) is 0 Å². The predicted octanol–water partition coefficient (Wildman–Crippen LogP) is 1.16. The summed E-state index contributed by atoms with van der Waals surface area (Å²) in [6.07, 6.45) is 9.76. The summed E-state index contributed by atoms with van der Waals surface area (Å²) in [6, 6.07) is 3.65. The number of rotatable bonds is 5. The molecule has 0 aromatic carbocycles. The van der Waals surface area contributed by atoms with Crippen molar-refractivity contribution in [1.29, 1.82) is 0 Å². The third-order valence-corrected chi connectivity index (χ3v) is 5.88. The number of amides is 1. The minimum absolute atomic E-state index is 0.176. The molecular formula is C20H25N9O. The Balaban J connectivity index is 1.19. The summed E-state index contributed by atoms with van der Waals surface area (Å²) in [7, 11) is 0. The van der Waals surface area contributed by atoms with Crippen molar-refractivity contribution in [3.05, 3.63) is 36.5 Å². The van der Waals surface area contributed by atoms with E-state index in [0.29, 0.717) is 18.2 Å². The summed E-state index contributed by atoms with van der Waals surface area (Å²) >= 11 is 0. The molecule has 2 saturated heterocycles. The van der Waals surface area contributed by atoms with Crippen LogP contribution < -0.4 is 15.1 Å². The molecule has 0 spiro atoms. The van der Waals surface area contributed by atoms with Gasteiger partial charge in [-0.15, -0.1) is 20.4 Å². The highest BCUT2D eigenvalue weighted by Crippen LogP contribution is 2.24. The maximum Gasteiger partial charge on any atom is 0.271 e. The van der Waals surface area contributed by atoms with Crippen LogP contribution in [0.1, 0.15) is 36.2 Å². The Hall–Kier alpha value is -3.30. The molecule has 0 aliphatic carbocycles. The number of nitrogens with one attached hydrogen (secondary N) is 1. The van der Waals surface area contributed by atoms with Gasteiger partial charge in [-0.25, -0.2) is 4.98 Å². The number of hydrogen-bond acceptors (Lipinski definition) is 8. The molecule has 1 amide bonds. The van der Waals surface area contributed by atoms with Crippen molar-refractivity contribution in [2.75, 3.05) is 42.5 Å². The van der Waals surface area contributed by atoms with Gasteiger partial charge in [0.15, 0.2) is 17.3 Å². The second-order valence-corrected chi connectivity index (χ2v) is 7.95. The Kier molecular flexibility index (Phi) is 5.12. The van der Waals surface area contributed by atoms with Gasteiger partial charge < -0.3 is 15.1 Å². The van der Waals surface area contributed by atoms with Crippen LogP contribution in [0.5, 0.6) is 0 Å². The number of fused-ring (bicyclic) bond motifs is 1. The molecule has 0 bridgehead atoms. The van der Waals surface area contributed by atoms with Crippen LogP contribution in [0.4, 0.5) is 11.6 Å². The molecule has 0 saturated carbocycles. The van der Waals surface area contributed by atoms with E-state index in [0.717, 1.165) is 56.3 Å². The number of aromatic nitrogens is 6. The van der Waals surface area contributed by atoms with Crippen molar-refractivity contribution in [3.63, 3.8) is 0 Å². The molecule has 1 unspecified atom stereocenters. The molecule has 3 aromatic heterocycles. The van der Waals surface area contributed by atoms with Crippen LogP contribution in [0, 0.1) is 5.92 Å². The second kappa shape index (κ2) is 8.21. The first-order valence-electron chi connectivity index (χ1n) is 10.5. The fraction of sp³-hybridized carbons (Fsp3) is 0.500. The maximum absolute atomic E-state index is 12.5. The van der Waals surface area contributed by atoms with Crippen molar-refractivity contribution >= 4 is 23.2 Å². The molecule has 5 heterocycles. The van der Waals surface area contributed by atoms with Gasteiger partial charge in [-0.2, -0.15) is 0 Å². The highest BCUT2D eigenvalue weighted by Gasteiger charge is 2.24. The van der Waals surface area contributed by atoms with Crippen LogP contribution >= 0.6 is 0 Å². The average molecular weight is 407 g/mol. The van der Waals surface area contributed by atoms with Crippen LogP contribution in [0.25, 0.3) is 5.65 Å². The van der Waals surface area contributed by atoms with E-state index in [-0.39, 0.29) is 5.91 Å². The zero-order valence-corrected chi connectivity index (χ0v) is 16.8. The molecule has 5 rings (SSSR count). The Labute approximate surface area is 174 Å². The standard InChI is InChI=1S/C20H25N9O/c30-20(16-5-6-17(25-24-16)27-8-1-2-9-27)22-12-15-4-3-10-28(13-15)18-19-26-23-14-29(19)11-7-21-18/h5-7,11,14-15H,1-4,8-10,12-13H2,(H,22,30). The lowest BCUT2D eigenvalue weighted by molar-refractivity contribution is 0.0939. The van der Waals surface area contributed by atoms with Crippen LogP contribution in [0.2, 0.25) is 0 Å². The van der Waals surface area contributed by atoms with E-state index in [1.807, 2.05) is 16.7 Å². The molecule has 3 aromatic rings. The molecule has 30 heavy (non-hydrogen) atoms. The van der Waals surface area contributed by atoms with E-state index < -0.39 is 0 Å². The molecule has 1 atom stereocenters. The van der Waals surface area contributed by atoms with Gasteiger partial charge in [-0.05, 0) is 43.7 Å². The molecular weight excluding hydrogens is 382 g/mol. The summed E-state index contributed by atoms with van der Waals surface area (Å²) in [5, 5.41) is 19.6. The number of anilines is 2. The van der Waals surface area contributed by atoms with Crippen molar-refractivity contribution in [3.8, 4) is 0 Å². The monoisotopic (exact) mass is 407 g/mol. The summed E-state index contributed by atoms with van der Waals surface area (Å²) < 4.78 is 1.87. The van der Waals surface area contributed by atoms with E-state index in [9.17, 15) is 4.79 Å². The number of carbonyl (C=O) groups is 1. The molecule has 2 aliphatic rings. The minimum Gasteiger partial charge on any atom is -0.355 e. The van der Waals surface area contributed by atoms with Gasteiger partial charge in [0, 0.05) is 45.1 Å². The molecule has 1 N–H and O–H groups in total. The van der Waals surface area contributed by atoms with E-state index in [2.05, 4.69) is 40.5 Å². The SMILES string of the molecule is O=C(NCC1CCCN(c2nccn3cnnc23)C1)c1ccc(N2CCCC2)nn1. The van der Waals surface area contributed by atoms with Gasteiger partial charge in [0.25, 0.3) is 5.91 Å². The Bertz CT molecular complexity index is 1010. The van der Waals surface area contributed by atoms with E-state index >= 15 is 0 Å². The van der Waals surface area contributed by atoms with Crippen molar-refractivity contribution in [1.82, 2.24) is 35.1 Å². The van der Waals surface area contributed by atoms with Crippen molar-refractivity contribution in [2.45, 2.75) is 25.7 Å². The highest BCUT2D eigenvalue weighted by molar-refractivity contribution is 5.92. The summed E-state index contributed by atoms with van der Waals surface area (Å²) in [5.41, 5.74) is 1.12. The Morgan fingerprint density at radius 1 is 1.07 bits per heavy atom. The van der Waals surface area contributed by atoms with Crippen molar-refractivity contribution in [2.24, 2.45) is 5.92 Å². The Morgan fingerprint density at radius 2 is 1.93 bits per heavy atom. The topological polar surface area (TPSA) is 104 Å². The quantitative estimate of drug-likeness (QED) is 0.672. The molecule has 2 aliphatic heterocycles. The highest BCUT2D eigenvalue weighted by atomic mass is 16.1. The first-order valence-corrected chi connectivity index (χ1v) is 10.5. The first kappa shape index (κ1) is 18.7. The van der Waals surface area contributed by atoms with Crippen LogP contribution in [0.15, 0.2) is 30.9 Å². The van der Waals surface area contributed by atoms with Gasteiger partial charge >= 0.3 is 0 Å². The fourth-order valence-corrected chi connectivity index (χ4v) is 4.28. The van der Waals surface area contributed by atoms with E-state index in [1.54, 1.807) is 18.6 Å². The number of piperidine rings is 1. The lowest BCUT2D eigenvalue weighted by Gasteiger charge is -2.33. The molecule has 2 fully saturated rings. The van der Waals surface area contributed by atoms with Crippen LogP contribution in [-0.4, -0.2) is 68.4 Å². The third kappa shape index (κ3) is 3.77. The van der Waals surface area contributed by atoms with Gasteiger partial charge in [-0.3, -0.25) is 9.20 Å². The van der Waals surface area contributed by atoms with E-state index in [1.165, 1.54) is 12.8 Å². The molecule has 156 valence electrons. The summed E-state index contributed by atoms with van der Waals surface area (Å²) in [6.45, 7) is 4.36. The van der Waals surface area contributed by atoms with Gasteiger partial charge in [0.1, 0.15) is 6.33 Å². The smallest absolute Gasteiger partial charge is 0.271 e. The maximum atomic E-state index is 12.5. The summed E-state index contributed by atoms with van der Waals surface area (Å²) in [5.74, 6) is 1.85. The zero-order chi connectivity index (χ0) is 20.3.